The molecular weight excluding hydrogens is 531 g/mol. The largest absolute Gasteiger partial charge is 0.491 e. The number of rotatable bonds is 9. The molecule has 0 aliphatic rings. The second-order valence-corrected chi connectivity index (χ2v) is 7.84. The van der Waals surface area contributed by atoms with Crippen LogP contribution in [-0.2, 0) is 6.54 Å². The molecule has 0 aliphatic heterocycles. The maximum Gasteiger partial charge on any atom is 0.226 e. The van der Waals surface area contributed by atoms with Crippen LogP contribution in [0.5, 0.6) is 5.75 Å². The molecule has 3 rings (SSSR count). The van der Waals surface area contributed by atoms with E-state index in [0.29, 0.717) is 31.5 Å². The predicted octanol–water partition coefficient (Wildman–Crippen LogP) is 4.84. The second kappa shape index (κ2) is 13.2. The molecule has 0 aliphatic carbocycles. The monoisotopic (exact) mass is 564 g/mol. The van der Waals surface area contributed by atoms with Crippen molar-refractivity contribution in [3.05, 3.63) is 71.6 Å². The smallest absolute Gasteiger partial charge is 0.226 e. The second-order valence-electron chi connectivity index (χ2n) is 7.84. The summed E-state index contributed by atoms with van der Waals surface area (Å²) < 4.78 is 11.2. The average molecular weight is 564 g/mol. The maximum absolute atomic E-state index is 10.5. The Balaban J connectivity index is 0.00000385. The van der Waals surface area contributed by atoms with Crippen LogP contribution in [0.2, 0.25) is 0 Å². The first kappa shape index (κ1) is 26.7. The summed E-state index contributed by atoms with van der Waals surface area (Å²) >= 11 is 0. The third kappa shape index (κ3) is 8.36. The van der Waals surface area contributed by atoms with Crippen LogP contribution in [0.1, 0.15) is 43.7 Å². The van der Waals surface area contributed by atoms with Crippen molar-refractivity contribution in [3.8, 4) is 17.2 Å². The molecule has 7 nitrogen and oxygen atoms in total. The molecule has 1 aromatic heterocycles. The number of hydrogen-bond donors (Lipinski definition) is 3. The fourth-order valence-corrected chi connectivity index (χ4v) is 3.06. The van der Waals surface area contributed by atoms with Crippen LogP contribution in [0.3, 0.4) is 0 Å². The summed E-state index contributed by atoms with van der Waals surface area (Å²) in [6.45, 7) is 9.39. The molecule has 2 aromatic carbocycles. The Morgan fingerprint density at radius 3 is 2.42 bits per heavy atom. The third-order valence-corrected chi connectivity index (χ3v) is 4.69. The first-order valence-corrected chi connectivity index (χ1v) is 10.9. The average Bonchev–Trinajstić information content (AvgIpc) is 3.25. The van der Waals surface area contributed by atoms with Gasteiger partial charge < -0.3 is 24.9 Å². The number of halogens is 1. The lowest BCUT2D eigenvalue weighted by molar-refractivity contribution is 0.180. The zero-order valence-electron chi connectivity index (χ0n) is 19.5. The van der Waals surface area contributed by atoms with Gasteiger partial charge in [0.2, 0.25) is 5.89 Å². The van der Waals surface area contributed by atoms with E-state index in [-0.39, 0.29) is 30.1 Å². The van der Waals surface area contributed by atoms with E-state index in [2.05, 4.69) is 20.6 Å². The molecule has 33 heavy (non-hydrogen) atoms. The molecule has 1 heterocycles. The van der Waals surface area contributed by atoms with Crippen LogP contribution in [0.25, 0.3) is 11.5 Å². The summed E-state index contributed by atoms with van der Waals surface area (Å²) in [4.78, 5) is 9.08. The van der Waals surface area contributed by atoms with Crippen LogP contribution in [0.15, 0.2) is 64.2 Å². The van der Waals surface area contributed by atoms with E-state index in [0.717, 1.165) is 22.6 Å². The number of nitrogens with one attached hydrogen (secondary N) is 2. The molecule has 8 heteroatoms. The van der Waals surface area contributed by atoms with Crippen molar-refractivity contribution in [1.82, 2.24) is 15.6 Å². The van der Waals surface area contributed by atoms with Gasteiger partial charge in [0.15, 0.2) is 5.96 Å². The zero-order valence-corrected chi connectivity index (χ0v) is 21.9. The minimum atomic E-state index is -0.674. The van der Waals surface area contributed by atoms with Crippen molar-refractivity contribution in [3.63, 3.8) is 0 Å². The number of ether oxygens (including phenoxy) is 1. The number of aromatic nitrogens is 1. The summed E-state index contributed by atoms with van der Waals surface area (Å²) in [5, 5.41) is 16.9. The molecule has 1 atom stereocenters. The molecule has 0 bridgehead atoms. The van der Waals surface area contributed by atoms with Crippen LogP contribution >= 0.6 is 24.0 Å². The Bertz CT molecular complexity index is 1000. The number of nitrogens with zero attached hydrogens (tertiary/aromatic N) is 2. The minimum Gasteiger partial charge on any atom is -0.491 e. The molecular formula is C25H33IN4O3. The van der Waals surface area contributed by atoms with E-state index < -0.39 is 6.10 Å². The van der Waals surface area contributed by atoms with Crippen molar-refractivity contribution in [2.45, 2.75) is 46.4 Å². The molecule has 3 aromatic rings. The number of benzene rings is 2. The van der Waals surface area contributed by atoms with Crippen LogP contribution in [-0.4, -0.2) is 35.2 Å². The van der Waals surface area contributed by atoms with Crippen molar-refractivity contribution in [1.29, 1.82) is 0 Å². The summed E-state index contributed by atoms with van der Waals surface area (Å²) in [7, 11) is 0. The van der Waals surface area contributed by atoms with Gasteiger partial charge in [0.25, 0.3) is 0 Å². The Kier molecular flexibility index (Phi) is 10.7. The van der Waals surface area contributed by atoms with Gasteiger partial charge in [0, 0.05) is 18.7 Å². The molecule has 0 amide bonds. The molecule has 1 unspecified atom stereocenters. The fourth-order valence-electron chi connectivity index (χ4n) is 3.06. The lowest BCUT2D eigenvalue weighted by atomic mass is 10.1. The number of aryl methyl sites for hydroxylation is 1. The third-order valence-electron chi connectivity index (χ3n) is 4.69. The van der Waals surface area contributed by atoms with Gasteiger partial charge in [0.1, 0.15) is 17.7 Å². The normalized spacial score (nSPS) is 12.2. The number of guanidine groups is 1. The van der Waals surface area contributed by atoms with E-state index in [9.17, 15) is 5.11 Å². The van der Waals surface area contributed by atoms with Gasteiger partial charge in [-0.2, -0.15) is 0 Å². The van der Waals surface area contributed by atoms with Gasteiger partial charge in [-0.25, -0.2) is 9.98 Å². The quantitative estimate of drug-likeness (QED) is 0.196. The summed E-state index contributed by atoms with van der Waals surface area (Å²) in [6, 6.07) is 15.5. The van der Waals surface area contributed by atoms with Gasteiger partial charge in [-0.15, -0.1) is 24.0 Å². The first-order chi connectivity index (χ1) is 15.4. The van der Waals surface area contributed by atoms with Crippen molar-refractivity contribution >= 4 is 29.9 Å². The van der Waals surface area contributed by atoms with E-state index in [1.165, 1.54) is 5.56 Å². The van der Waals surface area contributed by atoms with Gasteiger partial charge >= 0.3 is 0 Å². The predicted molar refractivity (Wildman–Crippen MR) is 142 cm³/mol. The molecule has 0 spiro atoms. The molecule has 3 N–H and O–H groups in total. The number of aliphatic hydroxyl groups excluding tert-OH is 1. The Morgan fingerprint density at radius 2 is 1.79 bits per heavy atom. The van der Waals surface area contributed by atoms with Crippen LogP contribution in [0.4, 0.5) is 0 Å². The van der Waals surface area contributed by atoms with Gasteiger partial charge in [-0.1, -0.05) is 29.8 Å². The Morgan fingerprint density at radius 1 is 1.09 bits per heavy atom. The SMILES string of the molecule is CCNC(=NCc1coc(-c2ccc(C)cc2)n1)NCC(O)c1ccc(OC(C)C)cc1.I. The number of aliphatic hydroxyl groups is 1. The number of hydrogen-bond acceptors (Lipinski definition) is 5. The maximum atomic E-state index is 10.5. The van der Waals surface area contributed by atoms with E-state index >= 15 is 0 Å². The molecule has 0 radical (unpaired) electrons. The highest BCUT2D eigenvalue weighted by Crippen LogP contribution is 2.20. The van der Waals surface area contributed by atoms with Crippen molar-refractivity contribution < 1.29 is 14.3 Å². The first-order valence-electron chi connectivity index (χ1n) is 10.9. The molecule has 178 valence electrons. The molecule has 0 saturated carbocycles. The molecule has 0 fully saturated rings. The molecule has 0 saturated heterocycles. The number of aliphatic imine (C=N–C) groups is 1. The van der Waals surface area contributed by atoms with Crippen LogP contribution in [0, 0.1) is 6.92 Å². The fraction of sp³-hybridized carbons (Fsp3) is 0.360. The van der Waals surface area contributed by atoms with E-state index in [4.69, 9.17) is 9.15 Å². The van der Waals surface area contributed by atoms with Gasteiger partial charge in [0.05, 0.1) is 18.8 Å². The zero-order chi connectivity index (χ0) is 22.9. The highest BCUT2D eigenvalue weighted by Gasteiger charge is 2.10. The topological polar surface area (TPSA) is 91.9 Å². The van der Waals surface area contributed by atoms with E-state index in [1.54, 1.807) is 6.26 Å². The van der Waals surface area contributed by atoms with Gasteiger partial charge in [-0.05, 0) is 57.5 Å². The number of oxazole rings is 1. The lowest BCUT2D eigenvalue weighted by Gasteiger charge is -2.16. The highest BCUT2D eigenvalue weighted by molar-refractivity contribution is 14.0. The summed E-state index contributed by atoms with van der Waals surface area (Å²) in [6.07, 6.45) is 1.06. The highest BCUT2D eigenvalue weighted by atomic mass is 127. The standard InChI is InChI=1S/C25H32N4O3.HI/c1-5-26-25(28-15-23(30)19-10-12-22(13-11-19)32-17(2)3)27-14-21-16-31-24(29-21)20-8-6-18(4)7-9-20;/h6-13,16-17,23,30H,5,14-15H2,1-4H3,(H2,26,27,28);1H. The minimum absolute atomic E-state index is 0. The Hall–Kier alpha value is -2.59. The summed E-state index contributed by atoms with van der Waals surface area (Å²) in [5.41, 5.74) is 3.67. The summed E-state index contributed by atoms with van der Waals surface area (Å²) in [5.74, 6) is 1.97. The van der Waals surface area contributed by atoms with Crippen molar-refractivity contribution in [2.24, 2.45) is 4.99 Å². The van der Waals surface area contributed by atoms with E-state index in [1.807, 2.05) is 76.2 Å². The van der Waals surface area contributed by atoms with Gasteiger partial charge in [-0.3, -0.25) is 0 Å². The van der Waals surface area contributed by atoms with Crippen LogP contribution < -0.4 is 15.4 Å². The van der Waals surface area contributed by atoms with Crippen molar-refractivity contribution in [2.75, 3.05) is 13.1 Å². The Labute approximate surface area is 212 Å². The lowest BCUT2D eigenvalue weighted by Crippen LogP contribution is -2.39.